The molecule has 1 saturated carbocycles. The SMILES string of the molecule is Cc1cc(N)c(Cl)cc1NCC(=O)NC1CC1. The molecule has 0 bridgehead atoms. The number of nitrogens with two attached hydrogens (primary N) is 1. The minimum atomic E-state index is 0.0137. The highest BCUT2D eigenvalue weighted by Gasteiger charge is 2.22. The van der Waals surface area contributed by atoms with Crippen LogP contribution in [0.5, 0.6) is 0 Å². The van der Waals surface area contributed by atoms with Gasteiger partial charge in [0, 0.05) is 11.7 Å². The summed E-state index contributed by atoms with van der Waals surface area (Å²) in [6.45, 7) is 2.19. The molecule has 0 atom stereocenters. The van der Waals surface area contributed by atoms with E-state index in [1.54, 1.807) is 12.1 Å². The van der Waals surface area contributed by atoms with Gasteiger partial charge in [-0.3, -0.25) is 4.79 Å². The molecule has 1 aromatic rings. The fourth-order valence-electron chi connectivity index (χ4n) is 1.58. The normalized spacial score (nSPS) is 14.5. The molecule has 1 amide bonds. The molecule has 0 unspecified atom stereocenters. The maximum Gasteiger partial charge on any atom is 0.239 e. The Labute approximate surface area is 106 Å². The zero-order valence-electron chi connectivity index (χ0n) is 9.72. The first-order chi connectivity index (χ1) is 8.06. The van der Waals surface area contributed by atoms with Gasteiger partial charge in [0.15, 0.2) is 0 Å². The number of carbonyl (C=O) groups is 1. The molecule has 5 heteroatoms. The Bertz CT molecular complexity index is 444. The van der Waals surface area contributed by atoms with Crippen LogP contribution in [-0.2, 0) is 4.79 Å². The third-order valence-corrected chi connectivity index (χ3v) is 3.05. The summed E-state index contributed by atoms with van der Waals surface area (Å²) >= 11 is 5.93. The van der Waals surface area contributed by atoms with Crippen LogP contribution < -0.4 is 16.4 Å². The molecule has 17 heavy (non-hydrogen) atoms. The van der Waals surface area contributed by atoms with Gasteiger partial charge in [-0.1, -0.05) is 11.6 Å². The molecule has 0 radical (unpaired) electrons. The largest absolute Gasteiger partial charge is 0.398 e. The zero-order valence-corrected chi connectivity index (χ0v) is 10.5. The fourth-order valence-corrected chi connectivity index (χ4v) is 1.74. The lowest BCUT2D eigenvalue weighted by atomic mass is 10.2. The molecule has 4 nitrogen and oxygen atoms in total. The summed E-state index contributed by atoms with van der Waals surface area (Å²) in [5.41, 5.74) is 8.05. The van der Waals surface area contributed by atoms with E-state index in [-0.39, 0.29) is 12.5 Å². The number of aryl methyl sites for hydroxylation is 1. The van der Waals surface area contributed by atoms with Crippen molar-refractivity contribution in [3.8, 4) is 0 Å². The number of amides is 1. The predicted molar refractivity (Wildman–Crippen MR) is 70.3 cm³/mol. The summed E-state index contributed by atoms with van der Waals surface area (Å²) in [7, 11) is 0. The third kappa shape index (κ3) is 3.27. The molecule has 0 aliphatic heterocycles. The lowest BCUT2D eigenvalue weighted by molar-refractivity contribution is -0.119. The van der Waals surface area contributed by atoms with Gasteiger partial charge >= 0.3 is 0 Å². The van der Waals surface area contributed by atoms with Gasteiger partial charge < -0.3 is 16.4 Å². The van der Waals surface area contributed by atoms with Gasteiger partial charge in [-0.05, 0) is 37.5 Å². The smallest absolute Gasteiger partial charge is 0.239 e. The average molecular weight is 254 g/mol. The molecule has 1 aliphatic carbocycles. The Morgan fingerprint density at radius 3 is 2.88 bits per heavy atom. The third-order valence-electron chi connectivity index (χ3n) is 2.73. The first-order valence-electron chi connectivity index (χ1n) is 5.65. The monoisotopic (exact) mass is 253 g/mol. The van der Waals surface area contributed by atoms with Gasteiger partial charge in [0.25, 0.3) is 0 Å². The molecule has 1 fully saturated rings. The Balaban J connectivity index is 1.93. The van der Waals surface area contributed by atoms with Crippen LogP contribution in [0.3, 0.4) is 0 Å². The van der Waals surface area contributed by atoms with E-state index < -0.39 is 0 Å². The first-order valence-corrected chi connectivity index (χ1v) is 6.03. The Hall–Kier alpha value is -1.42. The van der Waals surface area contributed by atoms with Crippen molar-refractivity contribution >= 4 is 28.9 Å². The van der Waals surface area contributed by atoms with Crippen molar-refractivity contribution in [3.05, 3.63) is 22.7 Å². The van der Waals surface area contributed by atoms with Crippen molar-refractivity contribution in [2.24, 2.45) is 0 Å². The lowest BCUT2D eigenvalue weighted by Crippen LogP contribution is -2.31. The number of hydrogen-bond donors (Lipinski definition) is 3. The first kappa shape index (κ1) is 12.0. The van der Waals surface area contributed by atoms with Crippen molar-refractivity contribution in [3.63, 3.8) is 0 Å². The maximum absolute atomic E-state index is 11.5. The van der Waals surface area contributed by atoms with E-state index in [1.165, 1.54) is 0 Å². The van der Waals surface area contributed by atoms with Crippen molar-refractivity contribution in [2.75, 3.05) is 17.6 Å². The van der Waals surface area contributed by atoms with Gasteiger partial charge in [-0.2, -0.15) is 0 Å². The molecule has 92 valence electrons. The van der Waals surface area contributed by atoms with Gasteiger partial charge in [-0.25, -0.2) is 0 Å². The van der Waals surface area contributed by atoms with Gasteiger partial charge in [0.1, 0.15) is 0 Å². The predicted octanol–water partition coefficient (Wildman–Crippen LogP) is 1.92. The number of rotatable bonds is 4. The number of nitrogens with one attached hydrogen (secondary N) is 2. The Kier molecular flexibility index (Phi) is 3.43. The highest BCUT2D eigenvalue weighted by atomic mass is 35.5. The van der Waals surface area contributed by atoms with Crippen molar-refractivity contribution in [2.45, 2.75) is 25.8 Å². The highest BCUT2D eigenvalue weighted by molar-refractivity contribution is 6.33. The molecule has 0 aromatic heterocycles. The zero-order chi connectivity index (χ0) is 12.4. The molecule has 2 rings (SSSR count). The Morgan fingerprint density at radius 2 is 2.24 bits per heavy atom. The summed E-state index contributed by atoms with van der Waals surface area (Å²) in [5.74, 6) is 0.0137. The second kappa shape index (κ2) is 4.84. The van der Waals surface area contributed by atoms with E-state index in [0.717, 1.165) is 24.1 Å². The van der Waals surface area contributed by atoms with Gasteiger partial charge in [0.2, 0.25) is 5.91 Å². The number of hydrogen-bond acceptors (Lipinski definition) is 3. The average Bonchev–Trinajstić information content (AvgIpc) is 3.05. The number of halogens is 1. The fraction of sp³-hybridized carbons (Fsp3) is 0.417. The molecule has 0 saturated heterocycles. The molecule has 4 N–H and O–H groups in total. The lowest BCUT2D eigenvalue weighted by Gasteiger charge is -2.11. The molecular formula is C12H16ClN3O. The minimum absolute atomic E-state index is 0.0137. The van der Waals surface area contributed by atoms with Crippen LogP contribution in [0.25, 0.3) is 0 Å². The van der Waals surface area contributed by atoms with Crippen LogP contribution in [0.2, 0.25) is 5.02 Å². The van der Waals surface area contributed by atoms with Crippen LogP contribution in [-0.4, -0.2) is 18.5 Å². The van der Waals surface area contributed by atoms with E-state index >= 15 is 0 Å². The summed E-state index contributed by atoms with van der Waals surface area (Å²) < 4.78 is 0. The minimum Gasteiger partial charge on any atom is -0.398 e. The van der Waals surface area contributed by atoms with Gasteiger partial charge in [-0.15, -0.1) is 0 Å². The molecular weight excluding hydrogens is 238 g/mol. The summed E-state index contributed by atoms with van der Waals surface area (Å²) in [6, 6.07) is 3.93. The van der Waals surface area contributed by atoms with Crippen molar-refractivity contribution in [1.29, 1.82) is 0 Å². The van der Waals surface area contributed by atoms with E-state index in [0.29, 0.717) is 16.8 Å². The van der Waals surface area contributed by atoms with Crippen LogP contribution >= 0.6 is 11.6 Å². The van der Waals surface area contributed by atoms with E-state index in [9.17, 15) is 4.79 Å². The molecule has 1 aromatic carbocycles. The standard InChI is InChI=1S/C12H16ClN3O/c1-7-4-10(14)9(13)5-11(7)15-6-12(17)16-8-2-3-8/h4-5,8,15H,2-3,6,14H2,1H3,(H,16,17). The summed E-state index contributed by atoms with van der Waals surface area (Å²) in [5, 5.41) is 6.47. The van der Waals surface area contributed by atoms with Crippen molar-refractivity contribution in [1.82, 2.24) is 5.32 Å². The topological polar surface area (TPSA) is 67.1 Å². The molecule has 0 spiro atoms. The van der Waals surface area contributed by atoms with E-state index in [2.05, 4.69) is 10.6 Å². The number of anilines is 2. The molecule has 0 heterocycles. The molecule has 1 aliphatic rings. The second-order valence-electron chi connectivity index (χ2n) is 4.38. The van der Waals surface area contributed by atoms with E-state index in [4.69, 9.17) is 17.3 Å². The Morgan fingerprint density at radius 1 is 1.53 bits per heavy atom. The quantitative estimate of drug-likeness (QED) is 0.719. The summed E-state index contributed by atoms with van der Waals surface area (Å²) in [6.07, 6.45) is 2.19. The summed E-state index contributed by atoms with van der Waals surface area (Å²) in [4.78, 5) is 11.5. The van der Waals surface area contributed by atoms with E-state index in [1.807, 2.05) is 6.92 Å². The number of carbonyl (C=O) groups excluding carboxylic acids is 1. The van der Waals surface area contributed by atoms with Crippen molar-refractivity contribution < 1.29 is 4.79 Å². The van der Waals surface area contributed by atoms with Crippen LogP contribution in [0.1, 0.15) is 18.4 Å². The van der Waals surface area contributed by atoms with Gasteiger partial charge in [0.05, 0.1) is 17.3 Å². The second-order valence-corrected chi connectivity index (χ2v) is 4.79. The van der Waals surface area contributed by atoms with Crippen LogP contribution in [0.4, 0.5) is 11.4 Å². The van der Waals surface area contributed by atoms with Crippen LogP contribution in [0, 0.1) is 6.92 Å². The maximum atomic E-state index is 11.5. The number of nitrogen functional groups attached to an aromatic ring is 1. The number of benzene rings is 1. The van der Waals surface area contributed by atoms with Crippen LogP contribution in [0.15, 0.2) is 12.1 Å². The highest BCUT2D eigenvalue weighted by Crippen LogP contribution is 2.26.